The maximum absolute atomic E-state index is 12.4. The molecule has 1 fully saturated rings. The fourth-order valence-corrected chi connectivity index (χ4v) is 3.07. The molecular weight excluding hydrogens is 314 g/mol. The van der Waals surface area contributed by atoms with Gasteiger partial charge in [-0.1, -0.05) is 30.3 Å². The van der Waals surface area contributed by atoms with E-state index in [2.05, 4.69) is 15.2 Å². The van der Waals surface area contributed by atoms with Crippen LogP contribution in [0.3, 0.4) is 0 Å². The summed E-state index contributed by atoms with van der Waals surface area (Å²) in [5.41, 5.74) is 1.56. The molecule has 0 spiro atoms. The molecule has 0 saturated carbocycles. The third-order valence-electron chi connectivity index (χ3n) is 4.66. The van der Waals surface area contributed by atoms with Crippen molar-refractivity contribution < 1.29 is 9.90 Å². The number of hydrogen-bond acceptors (Lipinski definition) is 4. The van der Waals surface area contributed by atoms with E-state index < -0.39 is 6.10 Å². The molecule has 3 rings (SSSR count). The molecular formula is C20H25N3O2. The minimum atomic E-state index is -0.636. The molecule has 1 aromatic heterocycles. The van der Waals surface area contributed by atoms with Gasteiger partial charge in [0.2, 0.25) is 0 Å². The second kappa shape index (κ2) is 8.12. The summed E-state index contributed by atoms with van der Waals surface area (Å²) >= 11 is 0. The van der Waals surface area contributed by atoms with Crippen LogP contribution in [0.15, 0.2) is 48.7 Å². The molecule has 5 heteroatoms. The molecule has 1 aromatic carbocycles. The molecule has 1 aliphatic heterocycles. The standard InChI is InChI=1S/C20H25N3O2/c1-15(18(24)13-16-7-3-2-4-8-16)22-20(25)17-9-10-19(21-14-17)23-11-5-6-12-23/h2-4,7-10,14-15,18,24H,5-6,11-13H2,1H3,(H,22,25). The SMILES string of the molecule is CC(NC(=O)c1ccc(N2CCCC2)nc1)C(O)Cc1ccccc1. The van der Waals surface area contributed by atoms with E-state index in [4.69, 9.17) is 0 Å². The van der Waals surface area contributed by atoms with Gasteiger partial charge in [-0.25, -0.2) is 4.98 Å². The average Bonchev–Trinajstić information content (AvgIpc) is 3.17. The predicted octanol–water partition coefficient (Wildman–Crippen LogP) is 2.40. The van der Waals surface area contributed by atoms with Crippen LogP contribution in [-0.4, -0.2) is 41.2 Å². The average molecular weight is 339 g/mol. The number of hydrogen-bond donors (Lipinski definition) is 2. The normalized spacial score (nSPS) is 16.5. The first-order chi connectivity index (χ1) is 12.1. The molecule has 1 amide bonds. The minimum absolute atomic E-state index is 0.208. The molecule has 1 aliphatic rings. The summed E-state index contributed by atoms with van der Waals surface area (Å²) in [4.78, 5) is 19.0. The summed E-state index contributed by atoms with van der Waals surface area (Å²) in [6.45, 7) is 3.88. The number of pyridine rings is 1. The van der Waals surface area contributed by atoms with Crippen molar-refractivity contribution in [1.82, 2.24) is 10.3 Å². The van der Waals surface area contributed by atoms with E-state index in [-0.39, 0.29) is 11.9 Å². The Morgan fingerprint density at radius 3 is 2.56 bits per heavy atom. The monoisotopic (exact) mass is 339 g/mol. The third kappa shape index (κ3) is 4.57. The number of aliphatic hydroxyl groups is 1. The molecule has 2 heterocycles. The Morgan fingerprint density at radius 1 is 1.20 bits per heavy atom. The zero-order valence-electron chi connectivity index (χ0n) is 14.6. The van der Waals surface area contributed by atoms with Gasteiger partial charge in [0.1, 0.15) is 5.82 Å². The van der Waals surface area contributed by atoms with Gasteiger partial charge in [-0.3, -0.25) is 4.79 Å². The summed E-state index contributed by atoms with van der Waals surface area (Å²) in [6.07, 6.45) is 3.87. The van der Waals surface area contributed by atoms with Crippen LogP contribution < -0.4 is 10.2 Å². The summed E-state index contributed by atoms with van der Waals surface area (Å²) < 4.78 is 0. The lowest BCUT2D eigenvalue weighted by molar-refractivity contribution is 0.0851. The van der Waals surface area contributed by atoms with Crippen molar-refractivity contribution in [2.24, 2.45) is 0 Å². The van der Waals surface area contributed by atoms with Gasteiger partial charge < -0.3 is 15.3 Å². The van der Waals surface area contributed by atoms with Gasteiger partial charge in [0.25, 0.3) is 5.91 Å². The van der Waals surface area contributed by atoms with E-state index in [0.717, 1.165) is 24.5 Å². The van der Waals surface area contributed by atoms with Crippen LogP contribution in [0.2, 0.25) is 0 Å². The van der Waals surface area contributed by atoms with Gasteiger partial charge in [-0.15, -0.1) is 0 Å². The van der Waals surface area contributed by atoms with Crippen molar-refractivity contribution in [3.63, 3.8) is 0 Å². The van der Waals surface area contributed by atoms with Crippen LogP contribution in [-0.2, 0) is 6.42 Å². The Bertz CT molecular complexity index is 682. The highest BCUT2D eigenvalue weighted by molar-refractivity contribution is 5.94. The maximum Gasteiger partial charge on any atom is 0.253 e. The second-order valence-electron chi connectivity index (χ2n) is 6.62. The van der Waals surface area contributed by atoms with Gasteiger partial charge in [0.05, 0.1) is 17.7 Å². The Hall–Kier alpha value is -2.40. The number of carbonyl (C=O) groups is 1. The zero-order valence-corrected chi connectivity index (χ0v) is 14.6. The number of carbonyl (C=O) groups excluding carboxylic acids is 1. The first-order valence-corrected chi connectivity index (χ1v) is 8.87. The van der Waals surface area contributed by atoms with Crippen molar-refractivity contribution in [3.05, 3.63) is 59.8 Å². The summed E-state index contributed by atoms with van der Waals surface area (Å²) in [6, 6.07) is 13.1. The maximum atomic E-state index is 12.4. The first kappa shape index (κ1) is 17.4. The van der Waals surface area contributed by atoms with Gasteiger partial charge in [0.15, 0.2) is 0 Å². The molecule has 2 atom stereocenters. The van der Waals surface area contributed by atoms with E-state index in [0.29, 0.717) is 12.0 Å². The summed E-state index contributed by atoms with van der Waals surface area (Å²) in [7, 11) is 0. The molecule has 2 unspecified atom stereocenters. The molecule has 0 radical (unpaired) electrons. The second-order valence-corrected chi connectivity index (χ2v) is 6.62. The summed E-state index contributed by atoms with van der Waals surface area (Å²) in [5, 5.41) is 13.2. The van der Waals surface area contributed by atoms with Crippen LogP contribution in [0, 0.1) is 0 Å². The number of nitrogens with zero attached hydrogens (tertiary/aromatic N) is 2. The molecule has 5 nitrogen and oxygen atoms in total. The van der Waals surface area contributed by atoms with Crippen molar-refractivity contribution in [3.8, 4) is 0 Å². The van der Waals surface area contributed by atoms with Gasteiger partial charge in [-0.2, -0.15) is 0 Å². The topological polar surface area (TPSA) is 65.5 Å². The molecule has 25 heavy (non-hydrogen) atoms. The van der Waals surface area contributed by atoms with Crippen molar-refractivity contribution in [2.45, 2.75) is 38.3 Å². The van der Waals surface area contributed by atoms with E-state index >= 15 is 0 Å². The molecule has 132 valence electrons. The minimum Gasteiger partial charge on any atom is -0.391 e. The Labute approximate surface area is 148 Å². The Balaban J connectivity index is 1.55. The van der Waals surface area contributed by atoms with E-state index in [1.807, 2.05) is 43.3 Å². The number of anilines is 1. The highest BCUT2D eigenvalue weighted by atomic mass is 16.3. The van der Waals surface area contributed by atoms with Crippen LogP contribution in [0.4, 0.5) is 5.82 Å². The van der Waals surface area contributed by atoms with Crippen molar-refractivity contribution >= 4 is 11.7 Å². The molecule has 2 N–H and O–H groups in total. The van der Waals surface area contributed by atoms with Gasteiger partial charge in [0, 0.05) is 25.7 Å². The largest absolute Gasteiger partial charge is 0.391 e. The van der Waals surface area contributed by atoms with E-state index in [1.54, 1.807) is 12.3 Å². The smallest absolute Gasteiger partial charge is 0.253 e. The van der Waals surface area contributed by atoms with Crippen molar-refractivity contribution in [1.29, 1.82) is 0 Å². The van der Waals surface area contributed by atoms with E-state index in [1.165, 1.54) is 12.8 Å². The van der Waals surface area contributed by atoms with Gasteiger partial charge in [-0.05, 0) is 37.5 Å². The molecule has 2 aromatic rings. The number of benzene rings is 1. The fourth-order valence-electron chi connectivity index (χ4n) is 3.07. The highest BCUT2D eigenvalue weighted by Crippen LogP contribution is 2.17. The first-order valence-electron chi connectivity index (χ1n) is 8.87. The quantitative estimate of drug-likeness (QED) is 0.848. The molecule has 0 aliphatic carbocycles. The highest BCUT2D eigenvalue weighted by Gasteiger charge is 2.19. The molecule has 0 bridgehead atoms. The predicted molar refractivity (Wildman–Crippen MR) is 98.8 cm³/mol. The van der Waals surface area contributed by atoms with Gasteiger partial charge >= 0.3 is 0 Å². The van der Waals surface area contributed by atoms with Crippen LogP contribution in [0.1, 0.15) is 35.7 Å². The fraction of sp³-hybridized carbons (Fsp3) is 0.400. The lowest BCUT2D eigenvalue weighted by atomic mass is 10.0. The van der Waals surface area contributed by atoms with Crippen LogP contribution in [0.5, 0.6) is 0 Å². The number of nitrogens with one attached hydrogen (secondary N) is 1. The summed E-state index contributed by atoms with van der Waals surface area (Å²) in [5.74, 6) is 0.714. The number of aliphatic hydroxyl groups excluding tert-OH is 1. The number of amides is 1. The number of rotatable bonds is 6. The third-order valence-corrected chi connectivity index (χ3v) is 4.66. The van der Waals surface area contributed by atoms with Crippen LogP contribution >= 0.6 is 0 Å². The van der Waals surface area contributed by atoms with Crippen LogP contribution in [0.25, 0.3) is 0 Å². The van der Waals surface area contributed by atoms with Crippen molar-refractivity contribution in [2.75, 3.05) is 18.0 Å². The molecule has 1 saturated heterocycles. The van der Waals surface area contributed by atoms with E-state index in [9.17, 15) is 9.90 Å². The Kier molecular flexibility index (Phi) is 5.66. The lowest BCUT2D eigenvalue weighted by Crippen LogP contribution is -2.42. The lowest BCUT2D eigenvalue weighted by Gasteiger charge is -2.21. The number of aromatic nitrogens is 1. The Morgan fingerprint density at radius 2 is 1.92 bits per heavy atom. The zero-order chi connectivity index (χ0) is 17.6.